The van der Waals surface area contributed by atoms with Crippen molar-refractivity contribution in [2.75, 3.05) is 32.1 Å². The summed E-state index contributed by atoms with van der Waals surface area (Å²) in [5.74, 6) is 0.501. The molecule has 1 amide bonds. The third-order valence-corrected chi connectivity index (χ3v) is 4.39. The van der Waals surface area contributed by atoms with Crippen molar-refractivity contribution in [2.45, 2.75) is 18.9 Å². The predicted molar refractivity (Wildman–Crippen MR) is 98.0 cm³/mol. The largest absolute Gasteiger partial charge is 0.362 e. The molecule has 0 radical (unpaired) electrons. The summed E-state index contributed by atoms with van der Waals surface area (Å²) in [5.41, 5.74) is 1.69. The number of pyridine rings is 1. The number of piperidine rings is 1. The van der Waals surface area contributed by atoms with Gasteiger partial charge in [-0.25, -0.2) is 4.98 Å². The Balaban J connectivity index is 1.71. The van der Waals surface area contributed by atoms with Crippen molar-refractivity contribution >= 4 is 23.3 Å². The summed E-state index contributed by atoms with van der Waals surface area (Å²) in [4.78, 5) is 18.4. The number of rotatable bonds is 4. The van der Waals surface area contributed by atoms with Crippen LogP contribution in [0.5, 0.6) is 0 Å². The van der Waals surface area contributed by atoms with Crippen LogP contribution in [0.25, 0.3) is 11.3 Å². The zero-order valence-electron chi connectivity index (χ0n) is 14.3. The second-order valence-corrected chi connectivity index (χ2v) is 6.63. The Hall–Kier alpha value is -2.25. The molecule has 0 bridgehead atoms. The normalized spacial score (nSPS) is 15.0. The number of carbonyl (C=O) groups excluding carboxylic acids is 1. The van der Waals surface area contributed by atoms with Crippen LogP contribution in [0.4, 0.5) is 5.82 Å². The second-order valence-electron chi connectivity index (χ2n) is 6.23. The van der Waals surface area contributed by atoms with Gasteiger partial charge in [-0.3, -0.25) is 4.79 Å². The fourth-order valence-corrected chi connectivity index (χ4v) is 3.07. The van der Waals surface area contributed by atoms with Crippen molar-refractivity contribution < 1.29 is 4.79 Å². The van der Waals surface area contributed by atoms with Crippen LogP contribution in [0, 0.1) is 0 Å². The lowest BCUT2D eigenvalue weighted by Crippen LogP contribution is -2.42. The maximum absolute atomic E-state index is 12.3. The monoisotopic (exact) mass is 360 g/mol. The lowest BCUT2D eigenvalue weighted by molar-refractivity contribution is 0.0923. The summed E-state index contributed by atoms with van der Waals surface area (Å²) >= 11 is 6.24. The highest BCUT2D eigenvalue weighted by Gasteiger charge is 2.17. The molecule has 0 unspecified atom stereocenters. The molecule has 1 fully saturated rings. The van der Waals surface area contributed by atoms with Crippen molar-refractivity contribution in [3.63, 3.8) is 0 Å². The summed E-state index contributed by atoms with van der Waals surface area (Å²) in [5, 5.41) is 15.0. The highest BCUT2D eigenvalue weighted by molar-refractivity contribution is 6.33. The number of carbonyl (C=O) groups is 1. The predicted octanol–water partition coefficient (Wildman–Crippen LogP) is 1.74. The molecule has 2 N–H and O–H groups in total. The van der Waals surface area contributed by atoms with Gasteiger partial charge in [-0.05, 0) is 44.1 Å². The molecule has 3 heterocycles. The van der Waals surface area contributed by atoms with Gasteiger partial charge in [0.1, 0.15) is 5.82 Å². The fourth-order valence-electron chi connectivity index (χ4n) is 2.73. The van der Waals surface area contributed by atoms with Crippen LogP contribution >= 0.6 is 11.6 Å². The second kappa shape index (κ2) is 7.76. The first kappa shape index (κ1) is 17.6. The third-order valence-electron chi connectivity index (χ3n) is 4.11. The molecule has 25 heavy (non-hydrogen) atoms. The van der Waals surface area contributed by atoms with Crippen LogP contribution in [-0.2, 0) is 0 Å². The highest BCUT2D eigenvalue weighted by Crippen LogP contribution is 2.26. The molecule has 7 nitrogen and oxygen atoms in total. The Morgan fingerprint density at radius 1 is 1.28 bits per heavy atom. The van der Waals surface area contributed by atoms with E-state index in [1.807, 2.05) is 19.0 Å². The van der Waals surface area contributed by atoms with Gasteiger partial charge in [-0.15, -0.1) is 10.2 Å². The molecule has 2 aromatic heterocycles. The van der Waals surface area contributed by atoms with Crippen molar-refractivity contribution in [3.05, 3.63) is 35.1 Å². The minimum atomic E-state index is -0.190. The lowest BCUT2D eigenvalue weighted by Gasteiger charge is -2.23. The van der Waals surface area contributed by atoms with Crippen LogP contribution in [0.3, 0.4) is 0 Å². The van der Waals surface area contributed by atoms with Crippen LogP contribution in [-0.4, -0.2) is 54.3 Å². The van der Waals surface area contributed by atoms with Crippen LogP contribution in [0.15, 0.2) is 24.4 Å². The molecule has 2 aromatic rings. The number of amides is 1. The summed E-state index contributed by atoms with van der Waals surface area (Å²) < 4.78 is 0. The number of hydrogen-bond acceptors (Lipinski definition) is 6. The Morgan fingerprint density at radius 2 is 2.04 bits per heavy atom. The lowest BCUT2D eigenvalue weighted by atomic mass is 10.1. The van der Waals surface area contributed by atoms with E-state index < -0.39 is 0 Å². The number of anilines is 1. The van der Waals surface area contributed by atoms with Crippen LogP contribution < -0.4 is 15.5 Å². The van der Waals surface area contributed by atoms with Crippen LogP contribution in [0.2, 0.25) is 5.02 Å². The maximum Gasteiger partial charge on any atom is 0.272 e. The van der Waals surface area contributed by atoms with Gasteiger partial charge >= 0.3 is 0 Å². The number of hydrogen-bond donors (Lipinski definition) is 2. The SMILES string of the molecule is CN(C)c1ncc(-c2ccc(C(=O)NC3CCNCC3)nn2)cc1Cl. The van der Waals surface area contributed by atoms with Gasteiger partial charge in [-0.2, -0.15) is 0 Å². The zero-order valence-corrected chi connectivity index (χ0v) is 15.0. The minimum absolute atomic E-state index is 0.190. The van der Waals surface area contributed by atoms with E-state index in [4.69, 9.17) is 11.6 Å². The van der Waals surface area contributed by atoms with Gasteiger partial charge < -0.3 is 15.5 Å². The molecular weight excluding hydrogens is 340 g/mol. The molecule has 1 saturated heterocycles. The average molecular weight is 361 g/mol. The first-order chi connectivity index (χ1) is 12.0. The number of nitrogens with zero attached hydrogens (tertiary/aromatic N) is 4. The minimum Gasteiger partial charge on any atom is -0.362 e. The molecule has 0 atom stereocenters. The Bertz CT molecular complexity index is 743. The standard InChI is InChI=1S/C17H21ClN6O/c1-24(2)16-13(18)9-11(10-20-16)14-3-4-15(23-22-14)17(25)21-12-5-7-19-8-6-12/h3-4,9-10,12,19H,5-8H2,1-2H3,(H,21,25). The van der Waals surface area contributed by atoms with Crippen molar-refractivity contribution in [2.24, 2.45) is 0 Å². The van der Waals surface area contributed by atoms with Crippen molar-refractivity contribution in [1.82, 2.24) is 25.8 Å². The molecule has 132 valence electrons. The van der Waals surface area contributed by atoms with Gasteiger partial charge in [0.2, 0.25) is 0 Å². The highest BCUT2D eigenvalue weighted by atomic mass is 35.5. The van der Waals surface area contributed by atoms with Gasteiger partial charge in [0.05, 0.1) is 10.7 Å². The molecule has 0 spiro atoms. The molecular formula is C17H21ClN6O. The van der Waals surface area contributed by atoms with Gasteiger partial charge in [0, 0.05) is 31.9 Å². The number of aromatic nitrogens is 3. The zero-order chi connectivity index (χ0) is 17.8. The van der Waals surface area contributed by atoms with Crippen molar-refractivity contribution in [1.29, 1.82) is 0 Å². The van der Waals surface area contributed by atoms with Crippen LogP contribution in [0.1, 0.15) is 23.3 Å². The molecule has 0 saturated carbocycles. The molecule has 1 aliphatic rings. The maximum atomic E-state index is 12.3. The van der Waals surface area contributed by atoms with Crippen molar-refractivity contribution in [3.8, 4) is 11.3 Å². The van der Waals surface area contributed by atoms with E-state index in [0.29, 0.717) is 22.2 Å². The Kier molecular flexibility index (Phi) is 5.45. The van der Waals surface area contributed by atoms with Gasteiger partial charge in [-0.1, -0.05) is 11.6 Å². The number of halogens is 1. The quantitative estimate of drug-likeness (QED) is 0.864. The van der Waals surface area contributed by atoms with E-state index in [-0.39, 0.29) is 11.9 Å². The Morgan fingerprint density at radius 3 is 2.64 bits per heavy atom. The summed E-state index contributed by atoms with van der Waals surface area (Å²) in [6.45, 7) is 1.85. The van der Waals surface area contributed by atoms with E-state index >= 15 is 0 Å². The van der Waals surface area contributed by atoms with Gasteiger partial charge in [0.15, 0.2) is 5.69 Å². The fraction of sp³-hybridized carbons (Fsp3) is 0.412. The smallest absolute Gasteiger partial charge is 0.272 e. The van der Waals surface area contributed by atoms with Gasteiger partial charge in [0.25, 0.3) is 5.91 Å². The van der Waals surface area contributed by atoms with E-state index in [0.717, 1.165) is 31.5 Å². The van der Waals surface area contributed by atoms with E-state index in [1.165, 1.54) is 0 Å². The molecule has 8 heteroatoms. The third kappa shape index (κ3) is 4.24. The molecule has 0 aliphatic carbocycles. The molecule has 3 rings (SSSR count). The van der Waals surface area contributed by atoms with E-state index in [2.05, 4.69) is 25.8 Å². The average Bonchev–Trinajstić information content (AvgIpc) is 2.62. The summed E-state index contributed by atoms with van der Waals surface area (Å²) in [6, 6.07) is 5.42. The molecule has 1 aliphatic heterocycles. The summed E-state index contributed by atoms with van der Waals surface area (Å²) in [7, 11) is 3.76. The first-order valence-corrected chi connectivity index (χ1v) is 8.61. The Labute approximate surface area is 151 Å². The number of nitrogens with one attached hydrogen (secondary N) is 2. The first-order valence-electron chi connectivity index (χ1n) is 8.23. The van der Waals surface area contributed by atoms with E-state index in [1.54, 1.807) is 24.4 Å². The van der Waals surface area contributed by atoms with E-state index in [9.17, 15) is 4.79 Å². The summed E-state index contributed by atoms with van der Waals surface area (Å²) in [6.07, 6.45) is 3.55. The molecule has 0 aromatic carbocycles. The topological polar surface area (TPSA) is 83.0 Å².